The first kappa shape index (κ1) is 16.5. The van der Waals surface area contributed by atoms with Gasteiger partial charge in [0.25, 0.3) is 0 Å². The van der Waals surface area contributed by atoms with Crippen LogP contribution in [0.3, 0.4) is 0 Å². The van der Waals surface area contributed by atoms with Gasteiger partial charge < -0.3 is 4.90 Å². The van der Waals surface area contributed by atoms with Crippen molar-refractivity contribution >= 4 is 38.9 Å². The molecule has 0 unspecified atom stereocenters. The summed E-state index contributed by atoms with van der Waals surface area (Å²) in [6, 6.07) is 8.62. The molecule has 5 nitrogen and oxygen atoms in total. The number of benzene rings is 1. The average molecular weight is 372 g/mol. The van der Waals surface area contributed by atoms with Crippen LogP contribution in [0.1, 0.15) is 0 Å². The lowest BCUT2D eigenvalue weighted by Gasteiger charge is -2.35. The Morgan fingerprint density at radius 3 is 2.35 bits per heavy atom. The van der Waals surface area contributed by atoms with Crippen LogP contribution in [0, 0.1) is 0 Å². The molecule has 1 aliphatic rings. The van der Waals surface area contributed by atoms with Crippen LogP contribution >= 0.6 is 23.2 Å². The van der Waals surface area contributed by atoms with Crippen molar-refractivity contribution in [1.29, 1.82) is 0 Å². The predicted molar refractivity (Wildman–Crippen MR) is 91.7 cm³/mol. The molecule has 0 saturated carbocycles. The Kier molecular flexibility index (Phi) is 4.77. The van der Waals surface area contributed by atoms with E-state index in [1.807, 2.05) is 6.07 Å². The van der Waals surface area contributed by atoms with E-state index < -0.39 is 10.0 Å². The van der Waals surface area contributed by atoms with E-state index >= 15 is 0 Å². The fourth-order valence-corrected chi connectivity index (χ4v) is 4.20. The highest BCUT2D eigenvalue weighted by molar-refractivity contribution is 7.89. The number of halogens is 2. The molecule has 0 spiro atoms. The molecular weight excluding hydrogens is 357 g/mol. The number of aromatic nitrogens is 1. The molecule has 1 aromatic heterocycles. The van der Waals surface area contributed by atoms with Gasteiger partial charge in [-0.15, -0.1) is 0 Å². The summed E-state index contributed by atoms with van der Waals surface area (Å²) in [7, 11) is -3.49. The minimum Gasteiger partial charge on any atom is -0.369 e. The van der Waals surface area contributed by atoms with Crippen molar-refractivity contribution in [2.75, 3.05) is 31.1 Å². The Morgan fingerprint density at radius 2 is 1.74 bits per heavy atom. The van der Waals surface area contributed by atoms with Crippen LogP contribution in [0.4, 0.5) is 5.69 Å². The molecule has 1 fully saturated rings. The number of piperazine rings is 1. The highest BCUT2D eigenvalue weighted by Gasteiger charge is 2.28. The molecule has 8 heteroatoms. The summed E-state index contributed by atoms with van der Waals surface area (Å²) in [5.41, 5.74) is 0.942. The minimum absolute atomic E-state index is 0.225. The number of anilines is 1. The van der Waals surface area contributed by atoms with Crippen LogP contribution in [0.15, 0.2) is 47.6 Å². The lowest BCUT2D eigenvalue weighted by atomic mass is 10.2. The van der Waals surface area contributed by atoms with Gasteiger partial charge in [0, 0.05) is 44.3 Å². The zero-order chi connectivity index (χ0) is 16.4. The molecule has 1 aliphatic heterocycles. The lowest BCUT2D eigenvalue weighted by Crippen LogP contribution is -2.48. The zero-order valence-electron chi connectivity index (χ0n) is 12.2. The van der Waals surface area contributed by atoms with Crippen molar-refractivity contribution in [3.63, 3.8) is 0 Å². The van der Waals surface area contributed by atoms with Gasteiger partial charge in [-0.05, 0) is 30.3 Å². The van der Waals surface area contributed by atoms with E-state index in [1.165, 1.54) is 10.5 Å². The number of pyridine rings is 1. The van der Waals surface area contributed by atoms with E-state index in [2.05, 4.69) is 9.88 Å². The smallest absolute Gasteiger partial charge is 0.244 e. The van der Waals surface area contributed by atoms with Crippen LogP contribution in [-0.2, 0) is 10.0 Å². The molecular formula is C15H15Cl2N3O2S. The molecule has 2 heterocycles. The average Bonchev–Trinajstić information content (AvgIpc) is 2.58. The molecule has 0 radical (unpaired) electrons. The molecule has 122 valence electrons. The van der Waals surface area contributed by atoms with Crippen molar-refractivity contribution in [3.05, 3.63) is 52.8 Å². The third kappa shape index (κ3) is 3.45. The Morgan fingerprint density at radius 1 is 1.00 bits per heavy atom. The molecule has 0 amide bonds. The number of hydrogen-bond acceptors (Lipinski definition) is 4. The van der Waals surface area contributed by atoms with Gasteiger partial charge in [-0.25, -0.2) is 8.42 Å². The molecule has 2 aromatic rings. The Bertz CT molecular complexity index is 792. The van der Waals surface area contributed by atoms with E-state index in [9.17, 15) is 8.42 Å². The second kappa shape index (κ2) is 6.65. The molecule has 0 N–H and O–H groups in total. The summed E-state index contributed by atoms with van der Waals surface area (Å²) in [4.78, 5) is 6.20. The van der Waals surface area contributed by atoms with Crippen molar-refractivity contribution < 1.29 is 8.42 Å². The third-order valence-electron chi connectivity index (χ3n) is 3.78. The standard InChI is InChI=1S/C15H15Cl2N3O2S/c16-14-4-3-12(10-15(14)17)19-6-8-20(9-7-19)23(21,22)13-2-1-5-18-11-13/h1-5,10-11H,6-9H2. The molecule has 1 saturated heterocycles. The summed E-state index contributed by atoms with van der Waals surface area (Å²) < 4.78 is 26.6. The Balaban J connectivity index is 1.72. The van der Waals surface area contributed by atoms with Gasteiger partial charge in [0.2, 0.25) is 10.0 Å². The number of hydrogen-bond donors (Lipinski definition) is 0. The second-order valence-electron chi connectivity index (χ2n) is 5.18. The van der Waals surface area contributed by atoms with Crippen LogP contribution in [0.2, 0.25) is 10.0 Å². The van der Waals surface area contributed by atoms with Gasteiger partial charge in [-0.2, -0.15) is 4.31 Å². The molecule has 0 aliphatic carbocycles. The van der Waals surface area contributed by atoms with E-state index in [-0.39, 0.29) is 4.90 Å². The summed E-state index contributed by atoms with van der Waals surface area (Å²) in [5.74, 6) is 0. The highest BCUT2D eigenvalue weighted by Crippen LogP contribution is 2.28. The van der Waals surface area contributed by atoms with E-state index in [0.717, 1.165) is 5.69 Å². The SMILES string of the molecule is O=S(=O)(c1cccnc1)N1CCN(c2ccc(Cl)c(Cl)c2)CC1. The number of rotatable bonds is 3. The Labute approximate surface area is 145 Å². The van der Waals surface area contributed by atoms with Gasteiger partial charge >= 0.3 is 0 Å². The molecule has 3 rings (SSSR count). The summed E-state index contributed by atoms with van der Waals surface area (Å²) >= 11 is 12.0. The van der Waals surface area contributed by atoms with Crippen molar-refractivity contribution in [3.8, 4) is 0 Å². The van der Waals surface area contributed by atoms with E-state index in [0.29, 0.717) is 36.2 Å². The quantitative estimate of drug-likeness (QED) is 0.832. The van der Waals surface area contributed by atoms with Crippen LogP contribution < -0.4 is 4.90 Å². The first-order valence-electron chi connectivity index (χ1n) is 7.08. The highest BCUT2D eigenvalue weighted by atomic mass is 35.5. The maximum absolute atomic E-state index is 12.6. The first-order chi connectivity index (χ1) is 11.0. The van der Waals surface area contributed by atoms with Gasteiger partial charge in [-0.1, -0.05) is 23.2 Å². The zero-order valence-corrected chi connectivity index (χ0v) is 14.5. The van der Waals surface area contributed by atoms with Crippen molar-refractivity contribution in [2.24, 2.45) is 0 Å². The van der Waals surface area contributed by atoms with Crippen molar-refractivity contribution in [1.82, 2.24) is 9.29 Å². The van der Waals surface area contributed by atoms with Crippen LogP contribution in [0.5, 0.6) is 0 Å². The van der Waals surface area contributed by atoms with Gasteiger partial charge in [0.1, 0.15) is 4.90 Å². The second-order valence-corrected chi connectivity index (χ2v) is 7.93. The van der Waals surface area contributed by atoms with Crippen LogP contribution in [0.25, 0.3) is 0 Å². The van der Waals surface area contributed by atoms with Crippen LogP contribution in [-0.4, -0.2) is 43.9 Å². The summed E-state index contributed by atoms with van der Waals surface area (Å²) in [6.07, 6.45) is 2.93. The largest absolute Gasteiger partial charge is 0.369 e. The molecule has 0 bridgehead atoms. The normalized spacial score (nSPS) is 16.5. The minimum atomic E-state index is -3.49. The topological polar surface area (TPSA) is 53.5 Å². The molecule has 0 atom stereocenters. The Hall–Kier alpha value is -1.34. The lowest BCUT2D eigenvalue weighted by molar-refractivity contribution is 0.385. The summed E-state index contributed by atoms with van der Waals surface area (Å²) in [5, 5.41) is 1.00. The predicted octanol–water partition coefficient (Wildman–Crippen LogP) is 2.90. The number of nitrogens with zero attached hydrogens (tertiary/aromatic N) is 3. The summed E-state index contributed by atoms with van der Waals surface area (Å²) in [6.45, 7) is 2.02. The van der Waals surface area contributed by atoms with Gasteiger partial charge in [0.05, 0.1) is 10.0 Å². The number of sulfonamides is 1. The van der Waals surface area contributed by atoms with E-state index in [1.54, 1.807) is 30.5 Å². The fourth-order valence-electron chi connectivity index (χ4n) is 2.52. The van der Waals surface area contributed by atoms with E-state index in [4.69, 9.17) is 23.2 Å². The molecule has 1 aromatic carbocycles. The molecule has 23 heavy (non-hydrogen) atoms. The fraction of sp³-hybridized carbons (Fsp3) is 0.267. The van der Waals surface area contributed by atoms with Gasteiger partial charge in [0.15, 0.2) is 0 Å². The monoisotopic (exact) mass is 371 g/mol. The third-order valence-corrected chi connectivity index (χ3v) is 6.40. The van der Waals surface area contributed by atoms with Crippen molar-refractivity contribution in [2.45, 2.75) is 4.90 Å². The maximum Gasteiger partial charge on any atom is 0.244 e. The first-order valence-corrected chi connectivity index (χ1v) is 9.28. The van der Waals surface area contributed by atoms with Gasteiger partial charge in [-0.3, -0.25) is 4.98 Å². The maximum atomic E-state index is 12.6.